The molecule has 2 rings (SSSR count). The zero-order valence-corrected chi connectivity index (χ0v) is 10.5. The minimum atomic E-state index is -0.360. The summed E-state index contributed by atoms with van der Waals surface area (Å²) in [5, 5.41) is 4.10. The molecule has 0 saturated carbocycles. The lowest BCUT2D eigenvalue weighted by Gasteiger charge is -2.09. The minimum Gasteiger partial charge on any atom is -0.264 e. The van der Waals surface area contributed by atoms with Gasteiger partial charge in [0.15, 0.2) is 4.60 Å². The van der Waals surface area contributed by atoms with Crippen molar-refractivity contribution in [2.24, 2.45) is 0 Å². The molecule has 0 aliphatic carbocycles. The number of hydrogen-bond acceptors (Lipinski definition) is 3. The van der Waals surface area contributed by atoms with Crippen LogP contribution >= 0.6 is 15.9 Å². The maximum absolute atomic E-state index is 11.1. The molecule has 0 aliphatic rings. The van der Waals surface area contributed by atoms with Gasteiger partial charge in [-0.3, -0.25) is 4.79 Å². The van der Waals surface area contributed by atoms with Gasteiger partial charge in [0.1, 0.15) is 6.33 Å². The van der Waals surface area contributed by atoms with E-state index in [2.05, 4.69) is 26.0 Å². The number of hydrogen-bond donors (Lipinski definition) is 0. The largest absolute Gasteiger partial charge is 0.306 e. The molecule has 0 fully saturated rings. The van der Waals surface area contributed by atoms with Gasteiger partial charge in [-0.2, -0.15) is 10.1 Å². The average molecular weight is 280 g/mol. The molecule has 0 N–H and O–H groups in total. The standard InChI is InChI=1S/C11H10BrN3O/c1-7-4-3-5-9(8(7)2)15-6-13-11(16)10(12)14-15/h3-6H,1-2H3. The summed E-state index contributed by atoms with van der Waals surface area (Å²) < 4.78 is 1.81. The molecule has 1 aromatic heterocycles. The van der Waals surface area contributed by atoms with Crippen LogP contribution in [-0.4, -0.2) is 14.8 Å². The number of rotatable bonds is 1. The van der Waals surface area contributed by atoms with Crippen LogP contribution < -0.4 is 5.56 Å². The highest BCUT2D eigenvalue weighted by molar-refractivity contribution is 9.10. The average Bonchev–Trinajstić information content (AvgIpc) is 2.26. The van der Waals surface area contributed by atoms with Crippen LogP contribution in [0, 0.1) is 13.8 Å². The molecule has 0 aliphatic heterocycles. The van der Waals surface area contributed by atoms with E-state index in [0.29, 0.717) is 0 Å². The van der Waals surface area contributed by atoms with E-state index in [1.54, 1.807) is 4.68 Å². The van der Waals surface area contributed by atoms with Gasteiger partial charge in [0.05, 0.1) is 5.69 Å². The summed E-state index contributed by atoms with van der Waals surface area (Å²) in [6, 6.07) is 5.92. The molecule has 1 aromatic carbocycles. The van der Waals surface area contributed by atoms with Crippen LogP contribution in [-0.2, 0) is 0 Å². The third-order valence-electron chi connectivity index (χ3n) is 2.48. The van der Waals surface area contributed by atoms with Crippen molar-refractivity contribution in [1.82, 2.24) is 14.8 Å². The topological polar surface area (TPSA) is 47.8 Å². The van der Waals surface area contributed by atoms with Gasteiger partial charge in [-0.15, -0.1) is 0 Å². The second-order valence-electron chi connectivity index (χ2n) is 3.50. The van der Waals surface area contributed by atoms with Gasteiger partial charge >= 0.3 is 5.56 Å². The summed E-state index contributed by atoms with van der Waals surface area (Å²) in [5.74, 6) is 0. The fraction of sp³-hybridized carbons (Fsp3) is 0.182. The highest BCUT2D eigenvalue weighted by Crippen LogP contribution is 2.15. The zero-order chi connectivity index (χ0) is 11.7. The van der Waals surface area contributed by atoms with Crippen LogP contribution in [0.1, 0.15) is 11.1 Å². The van der Waals surface area contributed by atoms with Crippen molar-refractivity contribution in [1.29, 1.82) is 0 Å². The van der Waals surface area contributed by atoms with Gasteiger partial charge in [0, 0.05) is 0 Å². The second kappa shape index (κ2) is 4.17. The fourth-order valence-corrected chi connectivity index (χ4v) is 1.70. The van der Waals surface area contributed by atoms with Crippen molar-refractivity contribution >= 4 is 15.9 Å². The molecular weight excluding hydrogens is 270 g/mol. The Hall–Kier alpha value is -1.49. The smallest absolute Gasteiger partial charge is 0.264 e. The van der Waals surface area contributed by atoms with Gasteiger partial charge in [0.2, 0.25) is 0 Å². The highest BCUT2D eigenvalue weighted by atomic mass is 79.9. The molecule has 1 heterocycles. The van der Waals surface area contributed by atoms with E-state index in [0.717, 1.165) is 11.3 Å². The lowest BCUT2D eigenvalue weighted by atomic mass is 10.1. The summed E-state index contributed by atoms with van der Waals surface area (Å²) in [6.45, 7) is 4.04. The van der Waals surface area contributed by atoms with Gasteiger partial charge < -0.3 is 0 Å². The quantitative estimate of drug-likeness (QED) is 0.802. The van der Waals surface area contributed by atoms with Crippen LogP contribution in [0.3, 0.4) is 0 Å². The first kappa shape index (κ1) is 11.0. The third kappa shape index (κ3) is 1.90. The maximum atomic E-state index is 11.1. The molecule has 0 radical (unpaired) electrons. The number of halogens is 1. The van der Waals surface area contributed by atoms with Crippen molar-refractivity contribution in [2.75, 3.05) is 0 Å². The van der Waals surface area contributed by atoms with Crippen LogP contribution in [0.15, 0.2) is 33.9 Å². The van der Waals surface area contributed by atoms with E-state index in [-0.39, 0.29) is 10.2 Å². The van der Waals surface area contributed by atoms with Gasteiger partial charge in [0.25, 0.3) is 0 Å². The van der Waals surface area contributed by atoms with E-state index < -0.39 is 0 Å². The van der Waals surface area contributed by atoms with E-state index in [1.165, 1.54) is 11.9 Å². The molecular formula is C11H10BrN3O. The normalized spacial score (nSPS) is 10.4. The van der Waals surface area contributed by atoms with E-state index in [4.69, 9.17) is 0 Å². The van der Waals surface area contributed by atoms with Gasteiger partial charge in [-0.25, -0.2) is 4.68 Å². The Morgan fingerprint density at radius 3 is 2.75 bits per heavy atom. The van der Waals surface area contributed by atoms with Crippen LogP contribution in [0.5, 0.6) is 0 Å². The SMILES string of the molecule is Cc1cccc(-n2cnc(=O)c(Br)n2)c1C. The summed E-state index contributed by atoms with van der Waals surface area (Å²) in [4.78, 5) is 14.8. The molecule has 0 unspecified atom stereocenters. The molecule has 0 atom stereocenters. The van der Waals surface area contributed by atoms with Crippen molar-refractivity contribution < 1.29 is 0 Å². The summed E-state index contributed by atoms with van der Waals surface area (Å²) in [7, 11) is 0. The zero-order valence-electron chi connectivity index (χ0n) is 8.94. The molecule has 0 spiro atoms. The van der Waals surface area contributed by atoms with Crippen LogP contribution in [0.4, 0.5) is 0 Å². The lowest BCUT2D eigenvalue weighted by molar-refractivity contribution is 0.772. The van der Waals surface area contributed by atoms with E-state index in [1.807, 2.05) is 32.0 Å². The molecule has 2 aromatic rings. The molecule has 16 heavy (non-hydrogen) atoms. The fourth-order valence-electron chi connectivity index (χ4n) is 1.42. The molecule has 0 amide bonds. The predicted molar refractivity (Wildman–Crippen MR) is 64.8 cm³/mol. The Labute approximate surface area is 101 Å². The van der Waals surface area contributed by atoms with Crippen molar-refractivity contribution in [3.05, 3.63) is 50.6 Å². The monoisotopic (exact) mass is 279 g/mol. The number of nitrogens with zero attached hydrogens (tertiary/aromatic N) is 3. The summed E-state index contributed by atoms with van der Waals surface area (Å²) in [5.41, 5.74) is 2.86. The second-order valence-corrected chi connectivity index (χ2v) is 4.26. The van der Waals surface area contributed by atoms with Crippen LogP contribution in [0.2, 0.25) is 0 Å². The molecule has 0 bridgehead atoms. The van der Waals surface area contributed by atoms with E-state index >= 15 is 0 Å². The third-order valence-corrected chi connectivity index (χ3v) is 2.98. The van der Waals surface area contributed by atoms with Crippen molar-refractivity contribution in [3.63, 3.8) is 0 Å². The Balaban J connectivity index is 2.63. The first-order valence-corrected chi connectivity index (χ1v) is 5.57. The summed E-state index contributed by atoms with van der Waals surface area (Å²) in [6.07, 6.45) is 1.43. The van der Waals surface area contributed by atoms with Crippen molar-refractivity contribution in [2.45, 2.75) is 13.8 Å². The van der Waals surface area contributed by atoms with Gasteiger partial charge in [-0.1, -0.05) is 12.1 Å². The summed E-state index contributed by atoms with van der Waals surface area (Å²) >= 11 is 3.08. The highest BCUT2D eigenvalue weighted by Gasteiger charge is 2.05. The molecule has 0 saturated heterocycles. The Morgan fingerprint density at radius 2 is 2.06 bits per heavy atom. The van der Waals surface area contributed by atoms with Gasteiger partial charge in [-0.05, 0) is 47.0 Å². The Kier molecular flexibility index (Phi) is 2.87. The first-order chi connectivity index (χ1) is 7.59. The number of aryl methyl sites for hydroxylation is 1. The van der Waals surface area contributed by atoms with Crippen molar-refractivity contribution in [3.8, 4) is 5.69 Å². The number of benzene rings is 1. The molecule has 82 valence electrons. The Morgan fingerprint density at radius 1 is 1.31 bits per heavy atom. The van der Waals surface area contributed by atoms with Crippen LogP contribution in [0.25, 0.3) is 5.69 Å². The number of aromatic nitrogens is 3. The predicted octanol–water partition coefficient (Wildman–Crippen LogP) is 2.01. The van der Waals surface area contributed by atoms with E-state index in [9.17, 15) is 4.79 Å². The lowest BCUT2D eigenvalue weighted by Crippen LogP contribution is -2.15. The molecule has 4 nitrogen and oxygen atoms in total. The first-order valence-electron chi connectivity index (χ1n) is 4.77. The molecule has 5 heteroatoms. The Bertz CT molecular complexity index is 592. The minimum absolute atomic E-state index is 0.218. The maximum Gasteiger partial charge on any atom is 0.306 e.